The fourth-order valence-electron chi connectivity index (χ4n) is 13.8. The van der Waals surface area contributed by atoms with Crippen LogP contribution in [0.4, 0.5) is 0 Å². The van der Waals surface area contributed by atoms with Gasteiger partial charge in [-0.1, -0.05) is 319 Å². The molecule has 0 spiro atoms. The zero-order valence-corrected chi connectivity index (χ0v) is 63.1. The number of aliphatic hydroxyl groups excluding tert-OH is 11. The van der Waals surface area contributed by atoms with Crippen molar-refractivity contribution in [3.8, 4) is 0 Å². The lowest BCUT2D eigenvalue weighted by Crippen LogP contribution is -2.66. The van der Waals surface area contributed by atoms with Gasteiger partial charge in [0.05, 0.1) is 38.6 Å². The summed E-state index contributed by atoms with van der Waals surface area (Å²) in [7, 11) is 0. The molecule has 590 valence electrons. The van der Waals surface area contributed by atoms with E-state index < -0.39 is 124 Å². The molecule has 0 aromatic rings. The Bertz CT molecular complexity index is 2060. The number of hydrogen-bond acceptors (Lipinski definition) is 18. The molecular formula is C82H149NO18. The molecule has 0 aromatic heterocycles. The van der Waals surface area contributed by atoms with E-state index in [0.29, 0.717) is 6.42 Å². The number of aliphatic hydroxyl groups is 11. The standard InChI is InChI=1S/C82H149NO18/c1-3-5-7-9-11-13-15-17-19-21-22-23-24-25-26-27-28-29-30-31-32-33-34-35-36-37-38-39-40-41-42-44-46-48-50-52-54-56-58-60-70(88)83-65(66(87)59-57-55-53-51-49-47-45-43-20-18-16-14-12-10-8-6-4-2)64-96-80-76(94)73(91)78(68(62-85)98-80)101-82-77(95)74(92)79(69(63-86)99-82)100-81-75(93)72(90)71(89)67(61-84)97-81/h5,7,11,13,17,19,22-23,57,59,65-69,71-82,84-87,89-95H,3-4,6,8-10,12,14-16,18,20-21,24-56,58,60-64H2,1-2H3,(H,83,88)/b7-5-,13-11-,19-17-,23-22-,59-57+. The first-order chi connectivity index (χ1) is 49.3. The SMILES string of the molecule is CC/C=C\C/C=C\C/C=C\C/C=C\CCCCCCCCCCCCCCCCCCCCCCCCCCCCC(=O)NC(COC1OC(CO)C(OC2OC(CO)C(OC3OC(CO)C(O)C(O)C3O)C(O)C2O)C(O)C1O)C(O)/C=C/CCCCCCCCCCCCCCCCC. The van der Waals surface area contributed by atoms with Gasteiger partial charge in [0.2, 0.25) is 5.91 Å². The van der Waals surface area contributed by atoms with Crippen LogP contribution in [0.15, 0.2) is 60.8 Å². The van der Waals surface area contributed by atoms with Crippen LogP contribution in [0.1, 0.15) is 322 Å². The van der Waals surface area contributed by atoms with Crippen LogP contribution < -0.4 is 5.32 Å². The second-order valence-electron chi connectivity index (χ2n) is 29.2. The lowest BCUT2D eigenvalue weighted by atomic mass is 9.96. The molecule has 0 aromatic carbocycles. The molecule has 19 heteroatoms. The van der Waals surface area contributed by atoms with Crippen LogP contribution in [0.2, 0.25) is 0 Å². The summed E-state index contributed by atoms with van der Waals surface area (Å²) in [5, 5.41) is 121. The highest BCUT2D eigenvalue weighted by Crippen LogP contribution is 2.33. The second kappa shape index (κ2) is 62.5. The van der Waals surface area contributed by atoms with Crippen molar-refractivity contribution in [1.29, 1.82) is 0 Å². The van der Waals surface area contributed by atoms with Crippen LogP contribution in [-0.2, 0) is 33.2 Å². The van der Waals surface area contributed by atoms with E-state index in [4.69, 9.17) is 28.4 Å². The van der Waals surface area contributed by atoms with Crippen LogP contribution in [-0.4, -0.2) is 193 Å². The highest BCUT2D eigenvalue weighted by Gasteiger charge is 2.54. The zero-order chi connectivity index (χ0) is 73.2. The number of unbranched alkanes of at least 4 members (excludes halogenated alkanes) is 41. The monoisotopic (exact) mass is 1440 g/mol. The van der Waals surface area contributed by atoms with Crippen molar-refractivity contribution in [2.24, 2.45) is 0 Å². The Labute approximate surface area is 611 Å². The number of nitrogens with one attached hydrogen (secondary N) is 1. The normalized spacial score (nSPS) is 26.6. The van der Waals surface area contributed by atoms with Gasteiger partial charge in [0.25, 0.3) is 0 Å². The van der Waals surface area contributed by atoms with Gasteiger partial charge in [0.1, 0.15) is 73.2 Å². The molecule has 3 aliphatic heterocycles. The fourth-order valence-corrected chi connectivity index (χ4v) is 13.8. The molecule has 17 atom stereocenters. The highest BCUT2D eigenvalue weighted by atomic mass is 16.8. The largest absolute Gasteiger partial charge is 0.394 e. The molecule has 101 heavy (non-hydrogen) atoms. The van der Waals surface area contributed by atoms with Crippen LogP contribution >= 0.6 is 0 Å². The Kier molecular flexibility index (Phi) is 57.4. The van der Waals surface area contributed by atoms with E-state index in [1.165, 1.54) is 225 Å². The van der Waals surface area contributed by atoms with Crippen molar-refractivity contribution in [1.82, 2.24) is 5.32 Å². The Morgan fingerprint density at radius 3 is 1.07 bits per heavy atom. The summed E-state index contributed by atoms with van der Waals surface area (Å²) in [4.78, 5) is 13.5. The Hall–Kier alpha value is -2.51. The number of ether oxygens (including phenoxy) is 6. The van der Waals surface area contributed by atoms with E-state index in [9.17, 15) is 61.0 Å². The quantitative estimate of drug-likeness (QED) is 0.0199. The second-order valence-corrected chi connectivity index (χ2v) is 29.2. The molecule has 0 saturated carbocycles. The zero-order valence-electron chi connectivity index (χ0n) is 63.1. The van der Waals surface area contributed by atoms with Crippen LogP contribution in [0.5, 0.6) is 0 Å². The predicted molar refractivity (Wildman–Crippen MR) is 402 cm³/mol. The van der Waals surface area contributed by atoms with Crippen molar-refractivity contribution in [2.75, 3.05) is 26.4 Å². The van der Waals surface area contributed by atoms with Gasteiger partial charge in [-0.25, -0.2) is 0 Å². The molecule has 1 amide bonds. The molecule has 3 heterocycles. The summed E-state index contributed by atoms with van der Waals surface area (Å²) < 4.78 is 34.4. The molecule has 3 aliphatic rings. The van der Waals surface area contributed by atoms with E-state index in [0.717, 1.165) is 70.6 Å². The first-order valence-electron chi connectivity index (χ1n) is 41.0. The molecule has 3 fully saturated rings. The molecule has 17 unspecified atom stereocenters. The Morgan fingerprint density at radius 1 is 0.366 bits per heavy atom. The van der Waals surface area contributed by atoms with E-state index in [2.05, 4.69) is 67.8 Å². The number of carbonyl (C=O) groups is 1. The number of hydrogen-bond donors (Lipinski definition) is 12. The number of amides is 1. The molecular weight excluding hydrogens is 1290 g/mol. The van der Waals surface area contributed by atoms with Crippen molar-refractivity contribution < 1.29 is 89.4 Å². The van der Waals surface area contributed by atoms with E-state index in [-0.39, 0.29) is 18.9 Å². The van der Waals surface area contributed by atoms with Gasteiger partial charge in [-0.15, -0.1) is 0 Å². The van der Waals surface area contributed by atoms with Gasteiger partial charge >= 0.3 is 0 Å². The van der Waals surface area contributed by atoms with E-state index in [1.54, 1.807) is 6.08 Å². The molecule has 0 radical (unpaired) electrons. The summed E-state index contributed by atoms with van der Waals surface area (Å²) in [6.45, 7) is 1.66. The van der Waals surface area contributed by atoms with Gasteiger partial charge in [0, 0.05) is 6.42 Å². The van der Waals surface area contributed by atoms with Gasteiger partial charge in [-0.2, -0.15) is 0 Å². The molecule has 3 saturated heterocycles. The van der Waals surface area contributed by atoms with Crippen molar-refractivity contribution in [2.45, 2.75) is 426 Å². The van der Waals surface area contributed by atoms with Gasteiger partial charge in [-0.05, 0) is 57.8 Å². The fraction of sp³-hybridized carbons (Fsp3) is 0.866. The first kappa shape index (κ1) is 92.7. The summed E-state index contributed by atoms with van der Waals surface area (Å²) >= 11 is 0. The van der Waals surface area contributed by atoms with E-state index in [1.807, 2.05) is 6.08 Å². The maximum Gasteiger partial charge on any atom is 0.220 e. The summed E-state index contributed by atoms with van der Waals surface area (Å²) in [5.41, 5.74) is 0. The minimum atomic E-state index is -1.98. The average Bonchev–Trinajstić information content (AvgIpc) is 0.792. The summed E-state index contributed by atoms with van der Waals surface area (Å²) in [6, 6.07) is -0.973. The lowest BCUT2D eigenvalue weighted by Gasteiger charge is -2.48. The third kappa shape index (κ3) is 42.6. The summed E-state index contributed by atoms with van der Waals surface area (Å²) in [6.07, 6.45) is 53.7. The predicted octanol–water partition coefficient (Wildman–Crippen LogP) is 13.8. The minimum Gasteiger partial charge on any atom is -0.394 e. The first-order valence-corrected chi connectivity index (χ1v) is 41.0. The minimum absolute atomic E-state index is 0.247. The maximum atomic E-state index is 13.5. The highest BCUT2D eigenvalue weighted by molar-refractivity contribution is 5.76. The molecule has 12 N–H and O–H groups in total. The number of allylic oxidation sites excluding steroid dienone is 9. The number of carbonyl (C=O) groups excluding carboxylic acids is 1. The van der Waals surface area contributed by atoms with Crippen LogP contribution in [0.25, 0.3) is 0 Å². The molecule has 19 nitrogen and oxygen atoms in total. The average molecular weight is 1440 g/mol. The molecule has 3 rings (SSSR count). The lowest BCUT2D eigenvalue weighted by molar-refractivity contribution is -0.379. The Balaban J connectivity index is 1.30. The Morgan fingerprint density at radius 2 is 0.683 bits per heavy atom. The van der Waals surface area contributed by atoms with Crippen molar-refractivity contribution in [3.05, 3.63) is 60.8 Å². The van der Waals surface area contributed by atoms with Crippen LogP contribution in [0, 0.1) is 0 Å². The van der Waals surface area contributed by atoms with Crippen LogP contribution in [0.3, 0.4) is 0 Å². The summed E-state index contributed by atoms with van der Waals surface area (Å²) in [5.74, 6) is -0.270. The molecule has 0 aliphatic carbocycles. The third-order valence-electron chi connectivity index (χ3n) is 20.3. The van der Waals surface area contributed by atoms with Crippen molar-refractivity contribution in [3.63, 3.8) is 0 Å². The van der Waals surface area contributed by atoms with E-state index >= 15 is 0 Å². The topological polar surface area (TPSA) is 307 Å². The smallest absolute Gasteiger partial charge is 0.220 e. The third-order valence-corrected chi connectivity index (χ3v) is 20.3. The number of rotatable bonds is 65. The molecule has 0 bridgehead atoms. The maximum absolute atomic E-state index is 13.5. The van der Waals surface area contributed by atoms with Crippen molar-refractivity contribution >= 4 is 5.91 Å². The van der Waals surface area contributed by atoms with Gasteiger partial charge in [-0.3, -0.25) is 4.79 Å². The van der Waals surface area contributed by atoms with Gasteiger partial charge < -0.3 is 89.9 Å². The van der Waals surface area contributed by atoms with Gasteiger partial charge in [0.15, 0.2) is 18.9 Å².